The van der Waals surface area contributed by atoms with Crippen LogP contribution >= 0.6 is 0 Å². The molecule has 3 heteroatoms. The molecule has 2 nitrogen and oxygen atoms in total. The third-order valence-electron chi connectivity index (χ3n) is 7.26. The molecule has 3 aliphatic rings. The molecule has 0 amide bonds. The summed E-state index contributed by atoms with van der Waals surface area (Å²) in [4.78, 5) is 0. The van der Waals surface area contributed by atoms with Crippen molar-refractivity contribution in [2.45, 2.75) is 30.2 Å². The molecular weight excluding hydrogens is 402 g/mol. The van der Waals surface area contributed by atoms with Crippen molar-refractivity contribution in [1.29, 1.82) is 0 Å². The number of pyridine rings is 1. The van der Waals surface area contributed by atoms with Crippen LogP contribution in [0.25, 0.3) is 0 Å². The Morgan fingerprint density at radius 2 is 1.26 bits per heavy atom. The van der Waals surface area contributed by atoms with Crippen LogP contribution in [-0.2, 0) is 11.0 Å². The highest BCUT2D eigenvalue weighted by molar-refractivity contribution is 5.56. The van der Waals surface area contributed by atoms with E-state index in [-0.39, 0.29) is 34.8 Å². The van der Waals surface area contributed by atoms with E-state index in [4.69, 9.17) is 0 Å². The van der Waals surface area contributed by atoms with Gasteiger partial charge in [0, 0.05) is 36.5 Å². The van der Waals surface area contributed by atoms with Gasteiger partial charge in [0.25, 0.3) is 0 Å². The molecule has 7 rings (SSSR count). The molecule has 2 aliphatic heterocycles. The highest BCUT2D eigenvalue weighted by Crippen LogP contribution is 2.61. The van der Waals surface area contributed by atoms with Crippen LogP contribution < -0.4 is 17.0 Å². The van der Waals surface area contributed by atoms with E-state index in [1.807, 2.05) is 0 Å². The quantitative estimate of drug-likeness (QED) is 0.437. The van der Waals surface area contributed by atoms with Gasteiger partial charge in [-0.05, 0) is 16.7 Å². The van der Waals surface area contributed by atoms with Gasteiger partial charge in [-0.1, -0.05) is 91.0 Å². The van der Waals surface area contributed by atoms with E-state index in [1.165, 1.54) is 27.9 Å². The molecule has 2 N–H and O–H groups in total. The van der Waals surface area contributed by atoms with Gasteiger partial charge in [-0.25, -0.2) is 0 Å². The lowest BCUT2D eigenvalue weighted by molar-refractivity contribution is -0.769. The van der Waals surface area contributed by atoms with Crippen molar-refractivity contribution in [2.75, 3.05) is 0 Å². The molecule has 2 bridgehead atoms. The molecule has 0 saturated heterocycles. The van der Waals surface area contributed by atoms with E-state index in [0.717, 1.165) is 6.42 Å². The van der Waals surface area contributed by atoms with Crippen LogP contribution in [0.5, 0.6) is 0 Å². The summed E-state index contributed by atoms with van der Waals surface area (Å²) in [7, 11) is 0. The van der Waals surface area contributed by atoms with Crippen molar-refractivity contribution in [3.05, 3.63) is 137 Å². The zero-order chi connectivity index (χ0) is 19.5. The summed E-state index contributed by atoms with van der Waals surface area (Å²) in [5, 5.41) is 0. The van der Waals surface area contributed by atoms with Crippen LogP contribution in [0, 0.1) is 0 Å². The fourth-order valence-electron chi connectivity index (χ4n) is 6.19. The van der Waals surface area contributed by atoms with E-state index in [9.17, 15) is 0 Å². The van der Waals surface area contributed by atoms with Crippen molar-refractivity contribution in [3.63, 3.8) is 0 Å². The average Bonchev–Trinajstić information content (AvgIpc) is 2.80. The largest absolute Gasteiger partial charge is 1.00 e. The first kappa shape index (κ1) is 21.3. The maximum atomic E-state index is 2.53. The lowest BCUT2D eigenvalue weighted by atomic mass is 9.50. The summed E-state index contributed by atoms with van der Waals surface area (Å²) >= 11 is 0. The van der Waals surface area contributed by atoms with E-state index < -0.39 is 0 Å². The Balaban J connectivity index is 0.00000116. The second-order valence-corrected chi connectivity index (χ2v) is 8.67. The van der Waals surface area contributed by atoms with Gasteiger partial charge >= 0.3 is 0 Å². The van der Waals surface area contributed by atoms with Crippen molar-refractivity contribution >= 4 is 0 Å². The van der Waals surface area contributed by atoms with Crippen LogP contribution in [0.3, 0.4) is 0 Å². The normalized spacial score (nSPS) is 21.8. The molecule has 2 unspecified atom stereocenters. The van der Waals surface area contributed by atoms with Gasteiger partial charge in [0.15, 0.2) is 17.4 Å². The number of fused-ring (bicyclic) bond motifs is 1. The third-order valence-corrected chi connectivity index (χ3v) is 7.26. The number of hydrogen-bond donors (Lipinski definition) is 0. The SMILES string of the molecule is CC12CC(c3ccccc3)(c3ccccc3)C(c3ccccc31)c1cccc[n+]12.O.[Cl-]. The van der Waals surface area contributed by atoms with Gasteiger partial charge in [-0.3, -0.25) is 0 Å². The van der Waals surface area contributed by atoms with Crippen molar-refractivity contribution in [2.24, 2.45) is 0 Å². The minimum atomic E-state index is -0.0903. The Hall–Kier alpha value is -2.94. The van der Waals surface area contributed by atoms with E-state index in [1.54, 1.807) is 0 Å². The molecule has 0 spiro atoms. The summed E-state index contributed by atoms with van der Waals surface area (Å²) in [5.41, 5.74) is 6.99. The maximum Gasteiger partial charge on any atom is 0.192 e. The minimum Gasteiger partial charge on any atom is -1.00 e. The van der Waals surface area contributed by atoms with Crippen molar-refractivity contribution in [3.8, 4) is 0 Å². The number of aromatic nitrogens is 1. The zero-order valence-electron chi connectivity index (χ0n) is 17.5. The predicted molar refractivity (Wildman–Crippen MR) is 120 cm³/mol. The first-order valence-corrected chi connectivity index (χ1v) is 10.5. The smallest absolute Gasteiger partial charge is 0.192 e. The fourth-order valence-corrected chi connectivity index (χ4v) is 6.19. The average molecular weight is 428 g/mol. The Kier molecular flexibility index (Phi) is 5.25. The van der Waals surface area contributed by atoms with Gasteiger partial charge in [0.05, 0.1) is 5.92 Å². The van der Waals surface area contributed by atoms with E-state index in [0.29, 0.717) is 0 Å². The van der Waals surface area contributed by atoms with Gasteiger partial charge in [0.1, 0.15) is 0 Å². The Labute approximate surface area is 189 Å². The van der Waals surface area contributed by atoms with Crippen LogP contribution in [0.15, 0.2) is 109 Å². The molecule has 1 aromatic heterocycles. The molecule has 3 aromatic carbocycles. The number of nitrogens with zero attached hydrogens (tertiary/aromatic N) is 1. The first-order chi connectivity index (χ1) is 14.2. The number of benzene rings is 3. The summed E-state index contributed by atoms with van der Waals surface area (Å²) < 4.78 is 2.53. The van der Waals surface area contributed by atoms with Gasteiger partial charge in [-0.2, -0.15) is 4.57 Å². The van der Waals surface area contributed by atoms with E-state index in [2.05, 4.69) is 121 Å². The minimum absolute atomic E-state index is 0. The molecule has 4 aromatic rings. The Morgan fingerprint density at radius 1 is 0.710 bits per heavy atom. The highest BCUT2D eigenvalue weighted by Gasteiger charge is 2.64. The predicted octanol–water partition coefficient (Wildman–Crippen LogP) is 1.75. The monoisotopic (exact) mass is 427 g/mol. The number of halogens is 1. The molecule has 0 fully saturated rings. The fraction of sp³-hybridized carbons (Fsp3) is 0.179. The second kappa shape index (κ2) is 7.64. The van der Waals surface area contributed by atoms with Crippen molar-refractivity contribution < 1.29 is 22.5 Å². The first-order valence-electron chi connectivity index (χ1n) is 10.5. The molecular formula is C28H26ClNO. The lowest BCUT2D eigenvalue weighted by Crippen LogP contribution is -3.00. The van der Waals surface area contributed by atoms with Gasteiger partial charge in [0.2, 0.25) is 0 Å². The standard InChI is InChI=1S/C28H24N.ClH.H2O/c1-27-20-28(21-12-4-2-5-13-21,22-14-6-3-7-15-22)26(23-16-8-9-17-24(23)27)25-18-10-11-19-29(25)27;;/h2-19,26H,20H2,1H3;1H;1H2/q+1;;/p-1. The van der Waals surface area contributed by atoms with Crippen LogP contribution in [-0.4, -0.2) is 5.48 Å². The lowest BCUT2D eigenvalue weighted by Gasteiger charge is -2.53. The van der Waals surface area contributed by atoms with Gasteiger partial charge < -0.3 is 17.9 Å². The van der Waals surface area contributed by atoms with Gasteiger partial charge in [-0.15, -0.1) is 0 Å². The number of hydrogen-bond acceptors (Lipinski definition) is 0. The Bertz CT molecular complexity index is 1120. The maximum absolute atomic E-state index is 2.53. The van der Waals surface area contributed by atoms with Crippen LogP contribution in [0.2, 0.25) is 0 Å². The molecule has 1 aliphatic carbocycles. The molecule has 156 valence electrons. The van der Waals surface area contributed by atoms with Crippen LogP contribution in [0.4, 0.5) is 0 Å². The third kappa shape index (κ3) is 2.72. The van der Waals surface area contributed by atoms with E-state index >= 15 is 0 Å². The second-order valence-electron chi connectivity index (χ2n) is 8.67. The summed E-state index contributed by atoms with van der Waals surface area (Å²) in [5.74, 6) is 0.284. The molecule has 31 heavy (non-hydrogen) atoms. The summed E-state index contributed by atoms with van der Waals surface area (Å²) in [6.45, 7) is 2.42. The van der Waals surface area contributed by atoms with Crippen LogP contribution in [0.1, 0.15) is 47.2 Å². The topological polar surface area (TPSA) is 35.4 Å². The summed E-state index contributed by atoms with van der Waals surface area (Å²) in [6, 6.07) is 38.1. The molecule has 2 atom stereocenters. The Morgan fingerprint density at radius 3 is 1.90 bits per heavy atom. The highest BCUT2D eigenvalue weighted by atomic mass is 35.5. The zero-order valence-corrected chi connectivity index (χ0v) is 18.3. The molecule has 0 saturated carbocycles. The molecule has 3 heterocycles. The molecule has 0 radical (unpaired) electrons. The summed E-state index contributed by atoms with van der Waals surface area (Å²) in [6.07, 6.45) is 3.33. The van der Waals surface area contributed by atoms with Crippen molar-refractivity contribution in [1.82, 2.24) is 0 Å². The number of rotatable bonds is 2.